The lowest BCUT2D eigenvalue weighted by molar-refractivity contribution is 0.315. The summed E-state index contributed by atoms with van der Waals surface area (Å²) in [5, 5.41) is 0. The molecule has 31 heavy (non-hydrogen) atoms. The van der Waals surface area contributed by atoms with Crippen LogP contribution in [0, 0.1) is 30.9 Å². The van der Waals surface area contributed by atoms with Crippen molar-refractivity contribution >= 4 is 6.08 Å². The van der Waals surface area contributed by atoms with Crippen LogP contribution in [-0.2, 0) is 0 Å². The van der Waals surface area contributed by atoms with Gasteiger partial charge in [-0.1, -0.05) is 85.0 Å². The average Bonchev–Trinajstić information content (AvgIpc) is 3.21. The van der Waals surface area contributed by atoms with Gasteiger partial charge >= 0.3 is 5.66 Å². The van der Waals surface area contributed by atoms with Gasteiger partial charge in [-0.15, -0.1) is 6.58 Å². The molecule has 0 amide bonds. The molecule has 1 saturated carbocycles. The van der Waals surface area contributed by atoms with Crippen molar-refractivity contribution in [1.82, 2.24) is 0 Å². The fraction of sp³-hybridized carbons (Fsp3) is 0.310. The van der Waals surface area contributed by atoms with E-state index in [2.05, 4.69) is 83.0 Å². The van der Waals surface area contributed by atoms with Gasteiger partial charge in [0.1, 0.15) is 12.0 Å². The molecule has 2 aromatic rings. The Hall–Kier alpha value is -3.36. The minimum Gasteiger partial charge on any atom is -0.226 e. The van der Waals surface area contributed by atoms with E-state index in [4.69, 9.17) is 13.1 Å². The molecule has 2 nitrogen and oxygen atoms in total. The second-order valence-electron chi connectivity index (χ2n) is 8.72. The molecular weight excluding hydrogens is 376 g/mol. The predicted octanol–water partition coefficient (Wildman–Crippen LogP) is 7.57. The van der Waals surface area contributed by atoms with Gasteiger partial charge in [0.25, 0.3) is 0 Å². The van der Waals surface area contributed by atoms with Gasteiger partial charge in [0.15, 0.2) is 0 Å². The quantitative estimate of drug-likeness (QED) is 0.332. The fourth-order valence-electron chi connectivity index (χ4n) is 5.49. The Morgan fingerprint density at radius 2 is 1.68 bits per heavy atom. The zero-order chi connectivity index (χ0) is 21.7. The Bertz CT molecular complexity index is 1040. The fourth-order valence-corrected chi connectivity index (χ4v) is 5.49. The van der Waals surface area contributed by atoms with Crippen LogP contribution in [0.2, 0.25) is 0 Å². The number of fused-ring (bicyclic) bond motifs is 2. The van der Waals surface area contributed by atoms with Crippen LogP contribution in [0.5, 0.6) is 0 Å². The first-order valence-electron chi connectivity index (χ1n) is 11.1. The van der Waals surface area contributed by atoms with Gasteiger partial charge in [0, 0.05) is 11.8 Å². The number of hydrogen-bond donors (Lipinski definition) is 0. The van der Waals surface area contributed by atoms with Crippen LogP contribution < -0.4 is 0 Å². The molecule has 1 fully saturated rings. The van der Waals surface area contributed by atoms with Crippen LogP contribution in [0.3, 0.4) is 0 Å². The molecule has 0 aliphatic heterocycles. The van der Waals surface area contributed by atoms with Crippen LogP contribution in [-0.4, -0.2) is 5.66 Å². The number of nitrogens with zero attached hydrogens (tertiary/aromatic N) is 2. The molecular formula is C29H28N2. The number of allylic oxidation sites excluding steroid dienone is 2. The summed E-state index contributed by atoms with van der Waals surface area (Å²) in [7, 11) is 0. The van der Waals surface area contributed by atoms with Crippen LogP contribution in [0.4, 0.5) is 0 Å². The van der Waals surface area contributed by atoms with Crippen LogP contribution in [0.1, 0.15) is 42.7 Å². The van der Waals surface area contributed by atoms with E-state index in [-0.39, 0.29) is 11.8 Å². The molecule has 154 valence electrons. The molecule has 4 rings (SSSR count). The van der Waals surface area contributed by atoms with E-state index in [1.807, 2.05) is 12.1 Å². The third kappa shape index (κ3) is 4.12. The highest BCUT2D eigenvalue weighted by atomic mass is 15.0. The maximum Gasteiger partial charge on any atom is 0.509 e. The molecule has 0 heterocycles. The summed E-state index contributed by atoms with van der Waals surface area (Å²) in [6, 6.07) is 20.9. The van der Waals surface area contributed by atoms with E-state index in [9.17, 15) is 0 Å². The molecule has 0 aromatic heterocycles. The summed E-state index contributed by atoms with van der Waals surface area (Å²) >= 11 is 0. The van der Waals surface area contributed by atoms with Gasteiger partial charge in [-0.25, -0.2) is 22.8 Å². The van der Waals surface area contributed by atoms with Crippen molar-refractivity contribution in [2.75, 3.05) is 0 Å². The van der Waals surface area contributed by atoms with E-state index in [0.29, 0.717) is 18.3 Å². The van der Waals surface area contributed by atoms with Crippen molar-refractivity contribution in [2.45, 2.75) is 37.3 Å². The molecule has 4 atom stereocenters. The zero-order valence-corrected chi connectivity index (χ0v) is 17.8. The topological polar surface area (TPSA) is 8.72 Å². The first-order chi connectivity index (χ1) is 15.2. The Morgan fingerprint density at radius 1 is 1.00 bits per heavy atom. The summed E-state index contributed by atoms with van der Waals surface area (Å²) in [4.78, 5) is 7.85. The normalized spacial score (nSPS) is 23.5. The van der Waals surface area contributed by atoms with Gasteiger partial charge in [-0.3, -0.25) is 0 Å². The second-order valence-corrected chi connectivity index (χ2v) is 8.72. The van der Waals surface area contributed by atoms with Gasteiger partial charge in [-0.2, -0.15) is 0 Å². The molecule has 2 bridgehead atoms. The van der Waals surface area contributed by atoms with Crippen LogP contribution in [0.15, 0.2) is 91.0 Å². The Balaban J connectivity index is 1.83. The average molecular weight is 405 g/mol. The van der Waals surface area contributed by atoms with Crippen molar-refractivity contribution in [3.63, 3.8) is 0 Å². The third-order valence-corrected chi connectivity index (χ3v) is 6.92. The van der Waals surface area contributed by atoms with Gasteiger partial charge < -0.3 is 0 Å². The molecule has 1 unspecified atom stereocenters. The largest absolute Gasteiger partial charge is 0.509 e. The van der Waals surface area contributed by atoms with Gasteiger partial charge in [0.2, 0.25) is 0 Å². The second kappa shape index (κ2) is 9.20. The molecule has 2 aliphatic carbocycles. The predicted molar refractivity (Wildman–Crippen MR) is 128 cm³/mol. The first kappa shape index (κ1) is 20.9. The lowest BCUT2D eigenvalue weighted by Gasteiger charge is -2.35. The maximum atomic E-state index is 7.98. The number of benzene rings is 2. The van der Waals surface area contributed by atoms with Crippen LogP contribution in [0.25, 0.3) is 15.8 Å². The highest BCUT2D eigenvalue weighted by Crippen LogP contribution is 2.54. The lowest BCUT2D eigenvalue weighted by atomic mass is 9.66. The summed E-state index contributed by atoms with van der Waals surface area (Å²) in [5.41, 5.74) is 2.28. The lowest BCUT2D eigenvalue weighted by Crippen LogP contribution is -2.35. The highest BCUT2D eigenvalue weighted by Gasteiger charge is 2.56. The molecule has 0 spiro atoms. The first-order valence-corrected chi connectivity index (χ1v) is 11.1. The van der Waals surface area contributed by atoms with E-state index in [0.717, 1.165) is 24.8 Å². The monoisotopic (exact) mass is 404 g/mol. The Kier molecular flexibility index (Phi) is 6.20. The van der Waals surface area contributed by atoms with Crippen molar-refractivity contribution in [3.05, 3.63) is 125 Å². The standard InChI is InChI=1S/C29H28N2/c1-4-19-29(30-2,31-3)27-21-23-15-17-25(20-23)28(27)26(24-13-9-6-10-14-24)18-16-22-11-7-5-8-12-22/h4-14,16,18,21,23,25-26,28H,1,15,17,19-20H2/b18-16+/t23?,25-,26-,28-/m0/s1. The summed E-state index contributed by atoms with van der Waals surface area (Å²) in [6.45, 7) is 19.8. The smallest absolute Gasteiger partial charge is 0.226 e. The zero-order valence-electron chi connectivity index (χ0n) is 17.8. The molecule has 0 N–H and O–H groups in total. The Labute approximate surface area is 186 Å². The van der Waals surface area contributed by atoms with Crippen molar-refractivity contribution < 1.29 is 0 Å². The summed E-state index contributed by atoms with van der Waals surface area (Å²) in [6.07, 6.45) is 12.4. The molecule has 0 saturated heterocycles. The van der Waals surface area contributed by atoms with E-state index < -0.39 is 5.66 Å². The number of hydrogen-bond acceptors (Lipinski definition) is 0. The molecule has 2 heteroatoms. The minimum absolute atomic E-state index is 0.129. The van der Waals surface area contributed by atoms with Gasteiger partial charge in [0.05, 0.1) is 0 Å². The van der Waals surface area contributed by atoms with Crippen molar-refractivity contribution in [2.24, 2.45) is 17.8 Å². The van der Waals surface area contributed by atoms with Crippen molar-refractivity contribution in [3.8, 4) is 0 Å². The van der Waals surface area contributed by atoms with E-state index in [1.165, 1.54) is 11.1 Å². The molecule has 2 aromatic carbocycles. The van der Waals surface area contributed by atoms with E-state index >= 15 is 0 Å². The summed E-state index contributed by atoms with van der Waals surface area (Å²) in [5.74, 6) is 1.29. The molecule has 2 aliphatic rings. The maximum absolute atomic E-state index is 7.98. The Morgan fingerprint density at radius 3 is 2.32 bits per heavy atom. The van der Waals surface area contributed by atoms with Crippen LogP contribution >= 0.6 is 0 Å². The minimum atomic E-state index is -1.17. The van der Waals surface area contributed by atoms with Crippen molar-refractivity contribution in [1.29, 1.82) is 0 Å². The van der Waals surface area contributed by atoms with Gasteiger partial charge in [-0.05, 0) is 42.2 Å². The molecule has 0 radical (unpaired) electrons. The summed E-state index contributed by atoms with van der Waals surface area (Å²) < 4.78 is 0. The van der Waals surface area contributed by atoms with E-state index in [1.54, 1.807) is 6.08 Å². The SMILES string of the molecule is [C-]#[N+]C(CC=C)([N+]#[C-])C1=CC2CC[C@@H](C2)[C@H]1[C@@H](/C=C/c1ccccc1)c1ccccc1. The third-order valence-electron chi connectivity index (χ3n) is 6.92. The number of rotatable bonds is 7. The highest BCUT2D eigenvalue weighted by molar-refractivity contribution is 5.52.